The van der Waals surface area contributed by atoms with Crippen LogP contribution in [-0.4, -0.2) is 16.7 Å². The minimum Gasteiger partial charge on any atom is -0.364 e. The van der Waals surface area contributed by atoms with Gasteiger partial charge in [-0.05, 0) is 19.1 Å². The summed E-state index contributed by atoms with van der Waals surface area (Å²) >= 11 is 5.82. The van der Waals surface area contributed by atoms with Gasteiger partial charge in [0, 0.05) is 15.9 Å². The third-order valence-corrected chi connectivity index (χ3v) is 2.59. The zero-order valence-electron chi connectivity index (χ0n) is 8.50. The lowest BCUT2D eigenvalue weighted by molar-refractivity contribution is 0.0971. The summed E-state index contributed by atoms with van der Waals surface area (Å²) in [5.74, 6) is -0.861. The summed E-state index contributed by atoms with van der Waals surface area (Å²) in [6.45, 7) is 1.39. The summed E-state index contributed by atoms with van der Waals surface area (Å²) in [5, 5.41) is 1.19. The van der Waals surface area contributed by atoms with Crippen molar-refractivity contribution in [2.24, 2.45) is 5.73 Å². The number of carbonyl (C=O) groups excluding carboxylic acids is 2. The molecule has 0 aliphatic heterocycles. The molecule has 1 aromatic carbocycles. The molecule has 0 saturated heterocycles. The van der Waals surface area contributed by atoms with Crippen LogP contribution in [0.5, 0.6) is 0 Å². The number of primary amides is 1. The van der Waals surface area contributed by atoms with Gasteiger partial charge in [0.15, 0.2) is 5.78 Å². The zero-order chi connectivity index (χ0) is 11.9. The maximum atomic E-state index is 11.5. The molecule has 4 nitrogen and oxygen atoms in total. The highest BCUT2D eigenvalue weighted by Gasteiger charge is 2.18. The summed E-state index contributed by atoms with van der Waals surface area (Å²) in [4.78, 5) is 25.5. The quantitative estimate of drug-likeness (QED) is 0.784. The van der Waals surface area contributed by atoms with E-state index >= 15 is 0 Å². The molecule has 0 aliphatic rings. The average molecular weight is 237 g/mol. The molecule has 0 unspecified atom stereocenters. The number of aromatic amines is 1. The fourth-order valence-corrected chi connectivity index (χ4v) is 1.89. The molecule has 0 aliphatic carbocycles. The normalized spacial score (nSPS) is 10.6. The van der Waals surface area contributed by atoms with Crippen LogP contribution in [0.25, 0.3) is 10.9 Å². The maximum Gasteiger partial charge on any atom is 0.265 e. The number of rotatable bonds is 2. The van der Waals surface area contributed by atoms with Crippen molar-refractivity contribution in [2.45, 2.75) is 6.92 Å². The molecule has 0 saturated carbocycles. The van der Waals surface area contributed by atoms with E-state index in [0.717, 1.165) is 0 Å². The lowest BCUT2D eigenvalue weighted by Gasteiger charge is -1.95. The second-order valence-electron chi connectivity index (χ2n) is 3.49. The number of carbonyl (C=O) groups is 2. The average Bonchev–Trinajstić information content (AvgIpc) is 2.55. The first-order valence-corrected chi connectivity index (χ1v) is 5.00. The van der Waals surface area contributed by atoms with Gasteiger partial charge < -0.3 is 10.7 Å². The van der Waals surface area contributed by atoms with Crippen molar-refractivity contribution in [1.29, 1.82) is 0 Å². The first kappa shape index (κ1) is 10.7. The number of fused-ring (bicyclic) bond motifs is 1. The van der Waals surface area contributed by atoms with Crippen LogP contribution in [0.3, 0.4) is 0 Å². The molecule has 2 rings (SSSR count). The lowest BCUT2D eigenvalue weighted by Crippen LogP contribution is -2.15. The summed E-state index contributed by atoms with van der Waals surface area (Å²) < 4.78 is 0. The number of hydrogen-bond acceptors (Lipinski definition) is 2. The molecule has 1 amide bonds. The van der Waals surface area contributed by atoms with Gasteiger partial charge in [-0.25, -0.2) is 0 Å². The van der Waals surface area contributed by atoms with Crippen molar-refractivity contribution >= 4 is 34.2 Å². The van der Waals surface area contributed by atoms with E-state index in [4.69, 9.17) is 17.3 Å². The molecule has 0 radical (unpaired) electrons. The van der Waals surface area contributed by atoms with Crippen molar-refractivity contribution in [1.82, 2.24) is 4.98 Å². The van der Waals surface area contributed by atoms with Gasteiger partial charge in [0.1, 0.15) is 5.69 Å². The number of nitrogens with two attached hydrogens (primary N) is 1. The number of benzene rings is 1. The second kappa shape index (κ2) is 3.64. The smallest absolute Gasteiger partial charge is 0.265 e. The fourth-order valence-electron chi connectivity index (χ4n) is 1.72. The Kier molecular flexibility index (Phi) is 2.44. The Bertz CT molecular complexity index is 601. The van der Waals surface area contributed by atoms with E-state index < -0.39 is 5.91 Å². The van der Waals surface area contributed by atoms with E-state index in [9.17, 15) is 9.59 Å². The number of hydrogen-bond donors (Lipinski definition) is 2. The van der Waals surface area contributed by atoms with E-state index in [1.54, 1.807) is 18.2 Å². The highest BCUT2D eigenvalue weighted by atomic mass is 35.5. The molecule has 1 heterocycles. The Morgan fingerprint density at radius 3 is 2.62 bits per heavy atom. The molecule has 0 bridgehead atoms. The Morgan fingerprint density at radius 2 is 2.06 bits per heavy atom. The summed E-state index contributed by atoms with van der Waals surface area (Å²) in [6, 6.07) is 5.00. The molecule has 0 atom stereocenters. The predicted octanol–water partition coefficient (Wildman–Crippen LogP) is 2.12. The van der Waals surface area contributed by atoms with Crippen LogP contribution in [0.4, 0.5) is 0 Å². The Hall–Kier alpha value is -1.81. The Morgan fingerprint density at radius 1 is 1.38 bits per heavy atom. The summed E-state index contributed by atoms with van der Waals surface area (Å²) in [7, 11) is 0. The zero-order valence-corrected chi connectivity index (χ0v) is 9.26. The van der Waals surface area contributed by atoms with Gasteiger partial charge in [0.05, 0.1) is 5.56 Å². The highest BCUT2D eigenvalue weighted by Crippen LogP contribution is 2.25. The fraction of sp³-hybridized carbons (Fsp3) is 0.0909. The molecule has 82 valence electrons. The standard InChI is InChI=1S/C11H9ClN2O2/c1-5(15)9-7-3-2-6(12)4-8(7)14-10(9)11(13)16/h2-4,14H,1H3,(H2,13,16). The number of H-pyrrole nitrogens is 1. The van der Waals surface area contributed by atoms with Crippen LogP contribution in [0, 0.1) is 0 Å². The van der Waals surface area contributed by atoms with E-state index in [0.29, 0.717) is 21.5 Å². The topological polar surface area (TPSA) is 76.0 Å². The maximum absolute atomic E-state index is 11.5. The second-order valence-corrected chi connectivity index (χ2v) is 3.92. The largest absolute Gasteiger partial charge is 0.364 e. The van der Waals surface area contributed by atoms with Gasteiger partial charge in [-0.2, -0.15) is 0 Å². The van der Waals surface area contributed by atoms with Crippen molar-refractivity contribution in [3.05, 3.63) is 34.5 Å². The van der Waals surface area contributed by atoms with Gasteiger partial charge in [-0.3, -0.25) is 9.59 Å². The van der Waals surface area contributed by atoms with Crippen LogP contribution in [-0.2, 0) is 0 Å². The number of amides is 1. The van der Waals surface area contributed by atoms with Gasteiger partial charge in [0.2, 0.25) is 0 Å². The predicted molar refractivity (Wildman–Crippen MR) is 61.8 cm³/mol. The highest BCUT2D eigenvalue weighted by molar-refractivity contribution is 6.31. The van der Waals surface area contributed by atoms with Crippen LogP contribution in [0.1, 0.15) is 27.8 Å². The number of Topliss-reactive ketones (excluding diaryl/α,β-unsaturated/α-hetero) is 1. The van der Waals surface area contributed by atoms with Gasteiger partial charge in [-0.15, -0.1) is 0 Å². The third-order valence-electron chi connectivity index (χ3n) is 2.36. The van der Waals surface area contributed by atoms with Crippen molar-refractivity contribution in [2.75, 3.05) is 0 Å². The van der Waals surface area contributed by atoms with Gasteiger partial charge in [0.25, 0.3) is 5.91 Å². The van der Waals surface area contributed by atoms with Crippen LogP contribution in [0.2, 0.25) is 5.02 Å². The number of ketones is 1. The van der Waals surface area contributed by atoms with Crippen LogP contribution < -0.4 is 5.73 Å². The van der Waals surface area contributed by atoms with E-state index in [2.05, 4.69) is 4.98 Å². The lowest BCUT2D eigenvalue weighted by atomic mass is 10.1. The molecular formula is C11H9ClN2O2. The summed E-state index contributed by atoms with van der Waals surface area (Å²) in [6.07, 6.45) is 0. The Balaban J connectivity index is 2.86. The van der Waals surface area contributed by atoms with Crippen LogP contribution in [0.15, 0.2) is 18.2 Å². The first-order valence-electron chi connectivity index (χ1n) is 4.62. The molecular weight excluding hydrogens is 228 g/mol. The van der Waals surface area contributed by atoms with E-state index in [-0.39, 0.29) is 11.5 Å². The van der Waals surface area contributed by atoms with Gasteiger partial charge >= 0.3 is 0 Å². The molecule has 1 aromatic heterocycles. The monoisotopic (exact) mass is 236 g/mol. The van der Waals surface area contributed by atoms with Gasteiger partial charge in [-0.1, -0.05) is 17.7 Å². The van der Waals surface area contributed by atoms with E-state index in [1.165, 1.54) is 6.92 Å². The van der Waals surface area contributed by atoms with Crippen molar-refractivity contribution in [3.8, 4) is 0 Å². The minimum atomic E-state index is -0.655. The molecule has 3 N–H and O–H groups in total. The van der Waals surface area contributed by atoms with Crippen LogP contribution >= 0.6 is 11.6 Å². The number of nitrogens with one attached hydrogen (secondary N) is 1. The number of aromatic nitrogens is 1. The Labute approximate surface area is 96.4 Å². The van der Waals surface area contributed by atoms with Crippen molar-refractivity contribution < 1.29 is 9.59 Å². The minimum absolute atomic E-state index is 0.129. The molecule has 16 heavy (non-hydrogen) atoms. The van der Waals surface area contributed by atoms with E-state index in [1.807, 2.05) is 0 Å². The molecule has 2 aromatic rings. The first-order chi connectivity index (χ1) is 7.50. The summed E-state index contributed by atoms with van der Waals surface area (Å²) in [5.41, 5.74) is 6.28. The third kappa shape index (κ3) is 1.57. The molecule has 0 spiro atoms. The SMILES string of the molecule is CC(=O)c1c(C(N)=O)[nH]c2cc(Cl)ccc12. The molecule has 0 fully saturated rings. The molecule has 5 heteroatoms. The van der Waals surface area contributed by atoms with Crippen molar-refractivity contribution in [3.63, 3.8) is 0 Å². The number of halogens is 1.